The number of aryl methyl sites for hydroxylation is 3. The Balaban J connectivity index is 1.64. The van der Waals surface area contributed by atoms with Gasteiger partial charge in [0.15, 0.2) is 0 Å². The first-order valence-corrected chi connectivity index (χ1v) is 11.8. The van der Waals surface area contributed by atoms with Crippen LogP contribution in [0.25, 0.3) is 0 Å². The average molecular weight is 442 g/mol. The number of nitrogens with zero attached hydrogens (tertiary/aromatic N) is 1. The Morgan fingerprint density at radius 1 is 0.935 bits per heavy atom. The molecule has 0 saturated carbocycles. The number of anilines is 1. The van der Waals surface area contributed by atoms with E-state index in [1.54, 1.807) is 36.4 Å². The molecule has 1 aliphatic heterocycles. The van der Waals surface area contributed by atoms with Crippen LogP contribution in [0.1, 0.15) is 28.7 Å². The molecule has 0 fully saturated rings. The van der Waals surface area contributed by atoms with Gasteiger partial charge < -0.3 is 0 Å². The van der Waals surface area contributed by atoms with E-state index in [1.807, 2.05) is 19.9 Å². The van der Waals surface area contributed by atoms with Gasteiger partial charge in [0.05, 0.1) is 10.6 Å². The molecule has 1 aliphatic rings. The first-order valence-electron chi connectivity index (χ1n) is 10.4. The minimum absolute atomic E-state index is 0.00103. The molecule has 1 atom stereocenters. The van der Waals surface area contributed by atoms with Gasteiger partial charge in [-0.25, -0.2) is 17.2 Å². The standard InChI is InChI=1S/C25H25F2NO2S/c1-17-4-11-23(12-5-17)31(29,30)28-16-19(14-21-9-10-22(26)15-25(21)28)6-8-20-7-3-18(2)13-24(20)27/h3-5,7,9-13,15,19H,6,8,14,16H2,1-2H3. The van der Waals surface area contributed by atoms with Crippen LogP contribution >= 0.6 is 0 Å². The highest BCUT2D eigenvalue weighted by molar-refractivity contribution is 7.92. The molecule has 162 valence electrons. The van der Waals surface area contributed by atoms with Gasteiger partial charge >= 0.3 is 0 Å². The Morgan fingerprint density at radius 2 is 1.65 bits per heavy atom. The summed E-state index contributed by atoms with van der Waals surface area (Å²) in [6.07, 6.45) is 1.78. The third-order valence-electron chi connectivity index (χ3n) is 5.89. The number of hydrogen-bond acceptors (Lipinski definition) is 2. The second-order valence-corrected chi connectivity index (χ2v) is 10.2. The highest BCUT2D eigenvalue weighted by Crippen LogP contribution is 2.36. The van der Waals surface area contributed by atoms with Gasteiger partial charge in [0.1, 0.15) is 11.6 Å². The first kappa shape index (κ1) is 21.5. The van der Waals surface area contributed by atoms with Crippen LogP contribution in [0.2, 0.25) is 0 Å². The zero-order valence-electron chi connectivity index (χ0n) is 17.6. The highest BCUT2D eigenvalue weighted by Gasteiger charge is 2.33. The summed E-state index contributed by atoms with van der Waals surface area (Å²) in [4.78, 5) is 0.179. The molecule has 0 aliphatic carbocycles. The molecule has 3 aromatic carbocycles. The van der Waals surface area contributed by atoms with Gasteiger partial charge in [-0.05, 0) is 86.1 Å². The number of fused-ring (bicyclic) bond motifs is 1. The fourth-order valence-electron chi connectivity index (χ4n) is 4.12. The van der Waals surface area contributed by atoms with Crippen LogP contribution < -0.4 is 4.31 Å². The van der Waals surface area contributed by atoms with Gasteiger partial charge in [-0.15, -0.1) is 0 Å². The van der Waals surface area contributed by atoms with Crippen molar-refractivity contribution in [2.75, 3.05) is 10.8 Å². The molecule has 31 heavy (non-hydrogen) atoms. The lowest BCUT2D eigenvalue weighted by atomic mass is 9.89. The van der Waals surface area contributed by atoms with Crippen molar-refractivity contribution >= 4 is 15.7 Å². The largest absolute Gasteiger partial charge is 0.266 e. The molecule has 0 bridgehead atoms. The normalized spacial score (nSPS) is 16.3. The van der Waals surface area contributed by atoms with Crippen molar-refractivity contribution in [1.29, 1.82) is 0 Å². The summed E-state index contributed by atoms with van der Waals surface area (Å²) < 4.78 is 56.4. The van der Waals surface area contributed by atoms with Crippen molar-refractivity contribution in [3.8, 4) is 0 Å². The predicted octanol–water partition coefficient (Wildman–Crippen LogP) is 5.58. The highest BCUT2D eigenvalue weighted by atomic mass is 32.2. The van der Waals surface area contributed by atoms with Crippen molar-refractivity contribution in [3.05, 3.63) is 94.6 Å². The van der Waals surface area contributed by atoms with E-state index < -0.39 is 15.8 Å². The van der Waals surface area contributed by atoms with Crippen LogP contribution in [0, 0.1) is 31.4 Å². The number of hydrogen-bond donors (Lipinski definition) is 0. The zero-order chi connectivity index (χ0) is 22.2. The minimum atomic E-state index is -3.85. The first-order chi connectivity index (χ1) is 14.7. The quantitative estimate of drug-likeness (QED) is 0.518. The summed E-state index contributed by atoms with van der Waals surface area (Å²) in [5.41, 5.74) is 3.63. The van der Waals surface area contributed by atoms with E-state index in [0.29, 0.717) is 30.5 Å². The molecule has 3 nitrogen and oxygen atoms in total. The number of benzene rings is 3. The Labute approximate surface area is 182 Å². The molecule has 1 heterocycles. The van der Waals surface area contributed by atoms with Crippen LogP contribution in [0.3, 0.4) is 0 Å². The fourth-order valence-corrected chi connectivity index (χ4v) is 5.69. The summed E-state index contributed by atoms with van der Waals surface area (Å²) in [7, 11) is -3.85. The smallest absolute Gasteiger partial charge is 0.264 e. The third kappa shape index (κ3) is 4.49. The average Bonchev–Trinajstić information content (AvgIpc) is 2.73. The van der Waals surface area contributed by atoms with Gasteiger partial charge in [0.2, 0.25) is 0 Å². The molecule has 3 aromatic rings. The summed E-state index contributed by atoms with van der Waals surface area (Å²) in [5.74, 6) is -0.704. The maximum Gasteiger partial charge on any atom is 0.264 e. The molecular weight excluding hydrogens is 416 g/mol. The number of rotatable bonds is 5. The van der Waals surface area contributed by atoms with Gasteiger partial charge in [-0.3, -0.25) is 4.31 Å². The van der Waals surface area contributed by atoms with Crippen molar-refractivity contribution in [3.63, 3.8) is 0 Å². The van der Waals surface area contributed by atoms with Crippen LogP contribution in [0.5, 0.6) is 0 Å². The Morgan fingerprint density at radius 3 is 2.35 bits per heavy atom. The van der Waals surface area contributed by atoms with Gasteiger partial charge in [-0.1, -0.05) is 35.9 Å². The third-order valence-corrected chi connectivity index (χ3v) is 7.68. The topological polar surface area (TPSA) is 37.4 Å². The summed E-state index contributed by atoms with van der Waals surface area (Å²) in [5, 5.41) is 0. The summed E-state index contributed by atoms with van der Waals surface area (Å²) in [6.45, 7) is 3.97. The van der Waals surface area contributed by atoms with Gasteiger partial charge in [0, 0.05) is 6.54 Å². The Hall–Kier alpha value is -2.73. The van der Waals surface area contributed by atoms with Crippen molar-refractivity contribution < 1.29 is 17.2 Å². The maximum absolute atomic E-state index is 14.3. The van der Waals surface area contributed by atoms with Crippen LogP contribution in [0.15, 0.2) is 65.6 Å². The molecule has 0 radical (unpaired) electrons. The molecular formula is C25H25F2NO2S. The second kappa shape index (κ2) is 8.42. The van der Waals surface area contributed by atoms with Gasteiger partial charge in [-0.2, -0.15) is 0 Å². The molecule has 4 rings (SSSR count). The van der Waals surface area contributed by atoms with Crippen LogP contribution in [-0.4, -0.2) is 15.0 Å². The summed E-state index contributed by atoms with van der Waals surface area (Å²) >= 11 is 0. The molecule has 0 amide bonds. The number of sulfonamides is 1. The predicted molar refractivity (Wildman–Crippen MR) is 119 cm³/mol. The SMILES string of the molecule is Cc1ccc(S(=O)(=O)N2CC(CCc3ccc(C)cc3F)Cc3ccc(F)cc32)cc1. The molecule has 0 aromatic heterocycles. The lowest BCUT2D eigenvalue weighted by molar-refractivity contribution is 0.467. The van der Waals surface area contributed by atoms with E-state index in [4.69, 9.17) is 0 Å². The van der Waals surface area contributed by atoms with Gasteiger partial charge in [0.25, 0.3) is 10.0 Å². The van der Waals surface area contributed by atoms with E-state index >= 15 is 0 Å². The number of halogens is 2. The van der Waals surface area contributed by atoms with Crippen molar-refractivity contribution in [2.45, 2.75) is 38.0 Å². The molecule has 0 N–H and O–H groups in total. The Bertz CT molecular complexity index is 1210. The maximum atomic E-state index is 14.3. The van der Waals surface area contributed by atoms with Crippen LogP contribution in [0.4, 0.5) is 14.5 Å². The van der Waals surface area contributed by atoms with Crippen molar-refractivity contribution in [2.24, 2.45) is 5.92 Å². The Kier molecular flexibility index (Phi) is 5.84. The minimum Gasteiger partial charge on any atom is -0.266 e. The lowest BCUT2D eigenvalue weighted by Gasteiger charge is -2.35. The second-order valence-electron chi connectivity index (χ2n) is 8.33. The fraction of sp³-hybridized carbons (Fsp3) is 0.280. The van der Waals surface area contributed by atoms with Crippen molar-refractivity contribution in [1.82, 2.24) is 0 Å². The zero-order valence-corrected chi connectivity index (χ0v) is 18.4. The van der Waals surface area contributed by atoms with E-state index in [0.717, 1.165) is 16.7 Å². The van der Waals surface area contributed by atoms with E-state index in [2.05, 4.69) is 0 Å². The molecule has 6 heteroatoms. The van der Waals surface area contributed by atoms with E-state index in [-0.39, 0.29) is 23.2 Å². The molecule has 1 unspecified atom stereocenters. The summed E-state index contributed by atoms with van der Waals surface area (Å²) in [6, 6.07) is 16.1. The van der Waals surface area contributed by atoms with Crippen LogP contribution in [-0.2, 0) is 22.9 Å². The van der Waals surface area contributed by atoms with E-state index in [1.165, 1.54) is 22.5 Å². The van der Waals surface area contributed by atoms with E-state index in [9.17, 15) is 17.2 Å². The molecule has 0 spiro atoms. The lowest BCUT2D eigenvalue weighted by Crippen LogP contribution is -2.40. The monoisotopic (exact) mass is 441 g/mol. The molecule has 0 saturated heterocycles.